The zero-order chi connectivity index (χ0) is 38.4. The molecule has 20 atom stereocenters. The molecule has 4 aliphatic heterocycles. The summed E-state index contributed by atoms with van der Waals surface area (Å²) in [5, 5.41) is 128. The highest BCUT2D eigenvalue weighted by atomic mass is 16.8. The molecule has 4 aliphatic rings. The summed E-state index contributed by atoms with van der Waals surface area (Å²) in [7, 11) is 0. The van der Waals surface area contributed by atoms with Crippen LogP contribution in [-0.2, 0) is 42.7 Å². The van der Waals surface area contributed by atoms with Crippen LogP contribution in [0.4, 0.5) is 0 Å². The molecule has 13 N–H and O–H groups in total. The van der Waals surface area contributed by atoms with Crippen LogP contribution in [0.1, 0.15) is 26.7 Å². The molecule has 0 radical (unpaired) electrons. The van der Waals surface area contributed by atoms with Crippen molar-refractivity contribution in [1.29, 1.82) is 0 Å². The molecule has 52 heavy (non-hydrogen) atoms. The zero-order valence-corrected chi connectivity index (χ0v) is 28.5. The Balaban J connectivity index is 1.53. The standard InChI is InChI=1S/C30H53NO21/c1-3-4-5-45-28-22(43)20(41)25(14(9-35)49-28)51-30-23(44)26(17(38)12(7-33)47-30)52-27-15(31-10(2)36)18(39)24(13(8-34)48-27)50-29-21(42)19(40)16(37)11(6-32)46-29/h11-30,32-35,37-44H,3-9H2,1-2H3,(H,31,36)/t11?,12?,13?,14?,15?,16-,17-,18?,19?,20?,21?,22?,23?,24+,25+,26?,27-,28+,29-,30-/m0/s1. The topological polar surface area (TPSA) is 346 Å². The molecule has 4 fully saturated rings. The molecule has 0 bridgehead atoms. The fourth-order valence-corrected chi connectivity index (χ4v) is 6.41. The van der Waals surface area contributed by atoms with Gasteiger partial charge in [0.05, 0.1) is 26.4 Å². The van der Waals surface area contributed by atoms with Gasteiger partial charge >= 0.3 is 0 Å². The lowest BCUT2D eigenvalue weighted by atomic mass is 9.94. The van der Waals surface area contributed by atoms with E-state index in [0.717, 1.165) is 13.3 Å². The third-order valence-electron chi connectivity index (χ3n) is 9.37. The van der Waals surface area contributed by atoms with Gasteiger partial charge in [0.25, 0.3) is 0 Å². The van der Waals surface area contributed by atoms with Gasteiger partial charge in [-0.15, -0.1) is 0 Å². The van der Waals surface area contributed by atoms with E-state index < -0.39 is 155 Å². The van der Waals surface area contributed by atoms with Gasteiger partial charge < -0.3 is 104 Å². The molecule has 0 aromatic heterocycles. The first-order valence-corrected chi connectivity index (χ1v) is 17.1. The van der Waals surface area contributed by atoms with E-state index in [4.69, 9.17) is 37.9 Å². The van der Waals surface area contributed by atoms with Crippen LogP contribution in [0.5, 0.6) is 0 Å². The first-order valence-electron chi connectivity index (χ1n) is 17.1. The molecule has 304 valence electrons. The molecule has 0 spiro atoms. The fraction of sp³-hybridized carbons (Fsp3) is 0.967. The van der Waals surface area contributed by atoms with E-state index >= 15 is 0 Å². The van der Waals surface area contributed by atoms with E-state index in [1.807, 2.05) is 6.92 Å². The third kappa shape index (κ3) is 9.54. The summed E-state index contributed by atoms with van der Waals surface area (Å²) in [4.78, 5) is 12.2. The van der Waals surface area contributed by atoms with Crippen molar-refractivity contribution in [1.82, 2.24) is 5.32 Å². The Morgan fingerprint density at radius 2 is 1.00 bits per heavy atom. The van der Waals surface area contributed by atoms with E-state index in [2.05, 4.69) is 5.32 Å². The van der Waals surface area contributed by atoms with Crippen molar-refractivity contribution in [2.24, 2.45) is 0 Å². The van der Waals surface area contributed by atoms with Gasteiger partial charge in [-0.3, -0.25) is 4.79 Å². The Morgan fingerprint density at radius 1 is 0.538 bits per heavy atom. The average molecular weight is 764 g/mol. The van der Waals surface area contributed by atoms with E-state index in [-0.39, 0.29) is 6.61 Å². The Kier molecular flexibility index (Phi) is 16.3. The molecule has 0 aromatic carbocycles. The minimum atomic E-state index is -1.99. The molecule has 22 heteroatoms. The van der Waals surface area contributed by atoms with Crippen molar-refractivity contribution in [2.75, 3.05) is 33.0 Å². The van der Waals surface area contributed by atoms with Gasteiger partial charge in [-0.2, -0.15) is 0 Å². The number of amides is 1. The lowest BCUT2D eigenvalue weighted by Gasteiger charge is -2.50. The summed E-state index contributed by atoms with van der Waals surface area (Å²) in [6.07, 6.45) is -30.7. The minimum Gasteiger partial charge on any atom is -0.394 e. The number of nitrogens with one attached hydrogen (secondary N) is 1. The van der Waals surface area contributed by atoms with Gasteiger partial charge in [0.2, 0.25) is 5.91 Å². The molecule has 1 amide bonds. The van der Waals surface area contributed by atoms with Crippen LogP contribution in [-0.4, -0.2) is 223 Å². The van der Waals surface area contributed by atoms with Crippen LogP contribution in [0.3, 0.4) is 0 Å². The molecule has 12 unspecified atom stereocenters. The van der Waals surface area contributed by atoms with Crippen LogP contribution in [0, 0.1) is 0 Å². The highest BCUT2D eigenvalue weighted by Crippen LogP contribution is 2.34. The monoisotopic (exact) mass is 763 g/mol. The molecule has 0 saturated carbocycles. The van der Waals surface area contributed by atoms with Gasteiger partial charge in [-0.05, 0) is 6.42 Å². The predicted octanol–water partition coefficient (Wildman–Crippen LogP) is -7.78. The molecule has 4 heterocycles. The Morgan fingerprint density at radius 3 is 1.54 bits per heavy atom. The maximum atomic E-state index is 12.2. The summed E-state index contributed by atoms with van der Waals surface area (Å²) < 4.78 is 45.1. The molecule has 4 rings (SSSR count). The number of unbranched alkanes of at least 4 members (excludes halogenated alkanes) is 1. The minimum absolute atomic E-state index is 0.184. The van der Waals surface area contributed by atoms with Crippen LogP contribution < -0.4 is 5.32 Å². The van der Waals surface area contributed by atoms with Gasteiger partial charge in [0.1, 0.15) is 97.6 Å². The number of ether oxygens (including phenoxy) is 8. The Bertz CT molecular complexity index is 1090. The second-order valence-electron chi connectivity index (χ2n) is 13.1. The molecule has 0 aromatic rings. The van der Waals surface area contributed by atoms with Gasteiger partial charge in [0.15, 0.2) is 25.2 Å². The normalized spacial score (nSPS) is 47.3. The van der Waals surface area contributed by atoms with E-state index in [1.165, 1.54) is 0 Å². The first-order chi connectivity index (χ1) is 24.7. The number of carbonyl (C=O) groups excluding carboxylic acids is 1. The fourth-order valence-electron chi connectivity index (χ4n) is 6.41. The number of hydrogen-bond donors (Lipinski definition) is 13. The van der Waals surface area contributed by atoms with Crippen LogP contribution in [0.2, 0.25) is 0 Å². The molecule has 22 nitrogen and oxygen atoms in total. The number of carbonyl (C=O) groups is 1. The molecular formula is C30H53NO21. The van der Waals surface area contributed by atoms with Crippen molar-refractivity contribution in [2.45, 2.75) is 149 Å². The van der Waals surface area contributed by atoms with Crippen molar-refractivity contribution in [3.8, 4) is 0 Å². The number of aliphatic hydroxyl groups excluding tert-OH is 12. The average Bonchev–Trinajstić information content (AvgIpc) is 3.12. The molecule has 0 aliphatic carbocycles. The lowest BCUT2D eigenvalue weighted by Crippen LogP contribution is -2.69. The van der Waals surface area contributed by atoms with Crippen molar-refractivity contribution in [3.63, 3.8) is 0 Å². The Labute approximate surface area is 297 Å². The quantitative estimate of drug-likeness (QED) is 0.0689. The summed E-state index contributed by atoms with van der Waals surface area (Å²) in [6, 6.07) is -1.60. The third-order valence-corrected chi connectivity index (χ3v) is 9.37. The van der Waals surface area contributed by atoms with Crippen LogP contribution >= 0.6 is 0 Å². The summed E-state index contributed by atoms with van der Waals surface area (Å²) in [5.74, 6) is -0.741. The maximum absolute atomic E-state index is 12.2. The van der Waals surface area contributed by atoms with E-state index in [9.17, 15) is 66.1 Å². The summed E-state index contributed by atoms with van der Waals surface area (Å²) in [5.41, 5.74) is 0. The number of hydrogen-bond acceptors (Lipinski definition) is 21. The second-order valence-corrected chi connectivity index (χ2v) is 13.1. The maximum Gasteiger partial charge on any atom is 0.217 e. The molecule has 4 saturated heterocycles. The van der Waals surface area contributed by atoms with E-state index in [1.54, 1.807) is 0 Å². The first kappa shape index (κ1) is 43.4. The summed E-state index contributed by atoms with van der Waals surface area (Å²) >= 11 is 0. The van der Waals surface area contributed by atoms with Gasteiger partial charge in [-0.1, -0.05) is 13.3 Å². The Hall–Kier alpha value is -1.33. The largest absolute Gasteiger partial charge is 0.394 e. The smallest absolute Gasteiger partial charge is 0.217 e. The van der Waals surface area contributed by atoms with Crippen molar-refractivity contribution < 1.29 is 104 Å². The lowest BCUT2D eigenvalue weighted by molar-refractivity contribution is -0.381. The second kappa shape index (κ2) is 19.5. The highest BCUT2D eigenvalue weighted by Gasteiger charge is 2.55. The predicted molar refractivity (Wildman–Crippen MR) is 164 cm³/mol. The molecular weight excluding hydrogens is 710 g/mol. The SMILES string of the molecule is CCCCO[C@@H]1OC(CO)[C@@H](O[C@@H]2OC(CO)[C@H](O)C(O[C@@H]3OC(CO)[C@@H](O[C@@H]4OC(CO)[C@H](O)C(O)C4O)C(O)C3NC(C)=O)C2O)C(O)C1O. The van der Waals surface area contributed by atoms with Crippen LogP contribution in [0.15, 0.2) is 0 Å². The zero-order valence-electron chi connectivity index (χ0n) is 28.5. The van der Waals surface area contributed by atoms with Crippen molar-refractivity contribution in [3.05, 3.63) is 0 Å². The number of rotatable bonds is 15. The van der Waals surface area contributed by atoms with Gasteiger partial charge in [-0.25, -0.2) is 0 Å². The van der Waals surface area contributed by atoms with E-state index in [0.29, 0.717) is 6.42 Å². The van der Waals surface area contributed by atoms with Crippen LogP contribution in [0.25, 0.3) is 0 Å². The highest BCUT2D eigenvalue weighted by molar-refractivity contribution is 5.73. The number of aliphatic hydroxyl groups is 12. The summed E-state index contributed by atoms with van der Waals surface area (Å²) in [6.45, 7) is -0.132. The van der Waals surface area contributed by atoms with Gasteiger partial charge in [0, 0.05) is 13.5 Å². The van der Waals surface area contributed by atoms with Crippen molar-refractivity contribution >= 4 is 5.91 Å².